The van der Waals surface area contributed by atoms with Gasteiger partial charge in [-0.25, -0.2) is 9.67 Å². The summed E-state index contributed by atoms with van der Waals surface area (Å²) in [7, 11) is 0. The molecule has 4 nitrogen and oxygen atoms in total. The minimum Gasteiger partial charge on any atom is -0.309 e. The minimum absolute atomic E-state index is 0.472. The van der Waals surface area contributed by atoms with E-state index in [1.54, 1.807) is 0 Å². The van der Waals surface area contributed by atoms with E-state index in [2.05, 4.69) is 40.0 Å². The second kappa shape index (κ2) is 6.21. The summed E-state index contributed by atoms with van der Waals surface area (Å²) >= 11 is 8.25. The normalized spacial score (nSPS) is 22.5. The summed E-state index contributed by atoms with van der Waals surface area (Å²) < 4.78 is 4.45. The average Bonchev–Trinajstić information content (AvgIpc) is 3.14. The smallest absolute Gasteiger partial charge is 0.159 e. The SMILES string of the molecule is CCSC1CCC(n2c(CCl)nc3c(C)nn(CC)c32)C1. The van der Waals surface area contributed by atoms with E-state index in [1.807, 2.05) is 6.92 Å². The van der Waals surface area contributed by atoms with Gasteiger partial charge in [-0.15, -0.1) is 11.6 Å². The van der Waals surface area contributed by atoms with Crippen molar-refractivity contribution in [2.75, 3.05) is 5.75 Å². The van der Waals surface area contributed by atoms with Crippen molar-refractivity contribution in [2.24, 2.45) is 0 Å². The van der Waals surface area contributed by atoms with Crippen molar-refractivity contribution < 1.29 is 0 Å². The minimum atomic E-state index is 0.472. The van der Waals surface area contributed by atoms with Gasteiger partial charge in [-0.2, -0.15) is 16.9 Å². The van der Waals surface area contributed by atoms with Gasteiger partial charge < -0.3 is 4.57 Å². The number of nitrogens with zero attached hydrogens (tertiary/aromatic N) is 4. The summed E-state index contributed by atoms with van der Waals surface area (Å²) in [6.07, 6.45) is 3.74. The molecular formula is C15H23ClN4S. The molecule has 6 heteroatoms. The van der Waals surface area contributed by atoms with Crippen LogP contribution in [0.25, 0.3) is 11.2 Å². The Labute approximate surface area is 135 Å². The van der Waals surface area contributed by atoms with Crippen molar-refractivity contribution >= 4 is 34.5 Å². The third-order valence-corrected chi connectivity index (χ3v) is 5.83. The molecule has 21 heavy (non-hydrogen) atoms. The maximum atomic E-state index is 6.17. The Balaban J connectivity index is 2.04. The first-order valence-electron chi connectivity index (χ1n) is 7.81. The van der Waals surface area contributed by atoms with Gasteiger partial charge >= 0.3 is 0 Å². The van der Waals surface area contributed by atoms with Gasteiger partial charge in [0.2, 0.25) is 0 Å². The molecular weight excluding hydrogens is 304 g/mol. The highest BCUT2D eigenvalue weighted by Gasteiger charge is 2.30. The van der Waals surface area contributed by atoms with E-state index in [0.717, 1.165) is 34.5 Å². The predicted molar refractivity (Wildman–Crippen MR) is 90.3 cm³/mol. The van der Waals surface area contributed by atoms with E-state index in [-0.39, 0.29) is 0 Å². The number of aromatic nitrogens is 4. The van der Waals surface area contributed by atoms with Crippen molar-refractivity contribution in [2.45, 2.75) is 63.8 Å². The van der Waals surface area contributed by atoms with Gasteiger partial charge in [0.15, 0.2) is 5.65 Å². The van der Waals surface area contributed by atoms with Gasteiger partial charge in [-0.3, -0.25) is 0 Å². The second-order valence-corrected chi connectivity index (χ2v) is 7.49. The number of imidazole rings is 1. The molecule has 2 aromatic heterocycles. The standard InChI is InChI=1S/C15H23ClN4S/c1-4-19-15-14(10(3)18-19)17-13(9-16)20(15)11-6-7-12(8-11)21-5-2/h11-12H,4-9H2,1-3H3. The van der Waals surface area contributed by atoms with Crippen LogP contribution >= 0.6 is 23.4 Å². The van der Waals surface area contributed by atoms with Crippen molar-refractivity contribution in [1.82, 2.24) is 19.3 Å². The van der Waals surface area contributed by atoms with Gasteiger partial charge in [-0.05, 0) is 38.9 Å². The lowest BCUT2D eigenvalue weighted by atomic mass is 10.2. The largest absolute Gasteiger partial charge is 0.309 e. The molecule has 2 aromatic rings. The van der Waals surface area contributed by atoms with Crippen LogP contribution in [-0.2, 0) is 12.4 Å². The topological polar surface area (TPSA) is 35.6 Å². The summed E-state index contributed by atoms with van der Waals surface area (Å²) in [5.41, 5.74) is 3.20. The Kier molecular flexibility index (Phi) is 4.50. The van der Waals surface area contributed by atoms with Crippen LogP contribution < -0.4 is 0 Å². The quantitative estimate of drug-likeness (QED) is 0.774. The van der Waals surface area contributed by atoms with Crippen molar-refractivity contribution in [3.63, 3.8) is 0 Å². The van der Waals surface area contributed by atoms with Crippen LogP contribution in [0.2, 0.25) is 0 Å². The van der Waals surface area contributed by atoms with E-state index in [1.165, 1.54) is 25.0 Å². The lowest BCUT2D eigenvalue weighted by molar-refractivity contribution is 0.502. The molecule has 0 amide bonds. The van der Waals surface area contributed by atoms with Crippen molar-refractivity contribution in [3.05, 3.63) is 11.5 Å². The van der Waals surface area contributed by atoms with E-state index in [0.29, 0.717) is 11.9 Å². The van der Waals surface area contributed by atoms with Gasteiger partial charge in [0, 0.05) is 17.8 Å². The molecule has 0 N–H and O–H groups in total. The molecule has 116 valence electrons. The first-order chi connectivity index (χ1) is 10.2. The van der Waals surface area contributed by atoms with E-state index < -0.39 is 0 Å². The van der Waals surface area contributed by atoms with Crippen molar-refractivity contribution in [1.29, 1.82) is 0 Å². The second-order valence-electron chi connectivity index (χ2n) is 5.65. The van der Waals surface area contributed by atoms with Gasteiger partial charge in [-0.1, -0.05) is 6.92 Å². The molecule has 2 heterocycles. The zero-order valence-electron chi connectivity index (χ0n) is 13.0. The number of fused-ring (bicyclic) bond motifs is 1. The number of hydrogen-bond acceptors (Lipinski definition) is 3. The highest BCUT2D eigenvalue weighted by atomic mass is 35.5. The van der Waals surface area contributed by atoms with Crippen LogP contribution in [0.15, 0.2) is 0 Å². The lowest BCUT2D eigenvalue weighted by Gasteiger charge is -2.17. The predicted octanol–water partition coefficient (Wildman–Crippen LogP) is 4.15. The van der Waals surface area contributed by atoms with E-state index in [9.17, 15) is 0 Å². The molecule has 0 bridgehead atoms. The number of rotatable bonds is 5. The summed E-state index contributed by atoms with van der Waals surface area (Å²) in [5, 5.41) is 5.39. The number of aryl methyl sites for hydroxylation is 2. The zero-order valence-corrected chi connectivity index (χ0v) is 14.5. The Morgan fingerprint density at radius 1 is 1.33 bits per heavy atom. The summed E-state index contributed by atoms with van der Waals surface area (Å²) in [6.45, 7) is 7.28. The van der Waals surface area contributed by atoms with Crippen LogP contribution in [0.3, 0.4) is 0 Å². The molecule has 0 aliphatic heterocycles. The summed E-state index contributed by atoms with van der Waals surface area (Å²) in [6, 6.07) is 0.522. The molecule has 2 unspecified atom stereocenters. The third-order valence-electron chi connectivity index (χ3n) is 4.36. The van der Waals surface area contributed by atoms with Crippen molar-refractivity contribution in [3.8, 4) is 0 Å². The maximum absolute atomic E-state index is 6.17. The number of hydrogen-bond donors (Lipinski definition) is 0. The van der Waals surface area contributed by atoms with Gasteiger partial charge in [0.25, 0.3) is 0 Å². The lowest BCUT2D eigenvalue weighted by Crippen LogP contribution is -2.13. The highest BCUT2D eigenvalue weighted by Crippen LogP contribution is 2.39. The Morgan fingerprint density at radius 3 is 2.81 bits per heavy atom. The Hall–Kier alpha value is -0.680. The number of alkyl halides is 1. The fourth-order valence-electron chi connectivity index (χ4n) is 3.47. The van der Waals surface area contributed by atoms with E-state index >= 15 is 0 Å². The molecule has 3 rings (SSSR count). The van der Waals surface area contributed by atoms with Crippen LogP contribution in [0.5, 0.6) is 0 Å². The summed E-state index contributed by atoms with van der Waals surface area (Å²) in [5.74, 6) is 2.67. The fourth-order valence-corrected chi connectivity index (χ4v) is 4.79. The van der Waals surface area contributed by atoms with Crippen LogP contribution in [-0.4, -0.2) is 30.3 Å². The maximum Gasteiger partial charge on any atom is 0.159 e. The number of thioether (sulfide) groups is 1. The molecule has 1 fully saturated rings. The Bertz CT molecular complexity index is 633. The fraction of sp³-hybridized carbons (Fsp3) is 0.733. The molecule has 1 aliphatic carbocycles. The third kappa shape index (κ3) is 2.59. The molecule has 1 saturated carbocycles. The summed E-state index contributed by atoms with van der Waals surface area (Å²) in [4.78, 5) is 4.76. The molecule has 0 saturated heterocycles. The molecule has 0 spiro atoms. The van der Waals surface area contributed by atoms with Gasteiger partial charge in [0.1, 0.15) is 11.3 Å². The molecule has 2 atom stereocenters. The average molecular weight is 327 g/mol. The molecule has 1 aliphatic rings. The van der Waals surface area contributed by atoms with Crippen LogP contribution in [0.4, 0.5) is 0 Å². The Morgan fingerprint density at radius 2 is 2.14 bits per heavy atom. The molecule has 0 aromatic carbocycles. The highest BCUT2D eigenvalue weighted by molar-refractivity contribution is 7.99. The monoisotopic (exact) mass is 326 g/mol. The first kappa shape index (κ1) is 15.2. The van der Waals surface area contributed by atoms with Crippen LogP contribution in [0.1, 0.15) is 50.7 Å². The molecule has 0 radical (unpaired) electrons. The van der Waals surface area contributed by atoms with Crippen LogP contribution in [0, 0.1) is 6.92 Å². The number of halogens is 1. The van der Waals surface area contributed by atoms with Gasteiger partial charge in [0.05, 0.1) is 11.6 Å². The first-order valence-corrected chi connectivity index (χ1v) is 9.39. The van der Waals surface area contributed by atoms with E-state index in [4.69, 9.17) is 16.6 Å². The zero-order chi connectivity index (χ0) is 15.0.